The summed E-state index contributed by atoms with van der Waals surface area (Å²) in [6, 6.07) is 19.6. The molecule has 1 aromatic heterocycles. The Morgan fingerprint density at radius 2 is 1.89 bits per heavy atom. The fourth-order valence-corrected chi connectivity index (χ4v) is 3.47. The highest BCUT2D eigenvalue weighted by Crippen LogP contribution is 2.23. The highest BCUT2D eigenvalue weighted by atomic mass is 19.1. The number of aryl methyl sites for hydroxylation is 1. The SMILES string of the molecule is Cn1ccnc1C(NC(=O)Cc1cccc2ccccc12)c1cccc(F)c1. The molecule has 0 aliphatic heterocycles. The summed E-state index contributed by atoms with van der Waals surface area (Å²) < 4.78 is 15.6. The van der Waals surface area contributed by atoms with Crippen LogP contribution in [0.2, 0.25) is 0 Å². The number of aromatic nitrogens is 2. The molecular formula is C23H20FN3O. The van der Waals surface area contributed by atoms with Gasteiger partial charge >= 0.3 is 0 Å². The second kappa shape index (κ2) is 7.64. The minimum Gasteiger partial charge on any atom is -0.342 e. The van der Waals surface area contributed by atoms with Crippen molar-refractivity contribution >= 4 is 16.7 Å². The summed E-state index contributed by atoms with van der Waals surface area (Å²) in [4.78, 5) is 17.2. The normalized spacial score (nSPS) is 12.1. The molecule has 0 saturated carbocycles. The highest BCUT2D eigenvalue weighted by molar-refractivity contribution is 5.90. The van der Waals surface area contributed by atoms with Crippen molar-refractivity contribution in [3.8, 4) is 0 Å². The van der Waals surface area contributed by atoms with Gasteiger partial charge in [0.25, 0.3) is 0 Å². The van der Waals surface area contributed by atoms with Crippen molar-refractivity contribution in [2.45, 2.75) is 12.5 Å². The van der Waals surface area contributed by atoms with Gasteiger partial charge in [-0.15, -0.1) is 0 Å². The lowest BCUT2D eigenvalue weighted by atomic mass is 10.0. The summed E-state index contributed by atoms with van der Waals surface area (Å²) in [6.45, 7) is 0. The van der Waals surface area contributed by atoms with E-state index in [0.717, 1.165) is 16.3 Å². The van der Waals surface area contributed by atoms with E-state index in [9.17, 15) is 9.18 Å². The third kappa shape index (κ3) is 3.64. The number of rotatable bonds is 5. The quantitative estimate of drug-likeness (QED) is 0.571. The fraction of sp³-hybridized carbons (Fsp3) is 0.130. The van der Waals surface area contributed by atoms with Crippen LogP contribution < -0.4 is 5.32 Å². The molecule has 0 aliphatic carbocycles. The number of hydrogen-bond donors (Lipinski definition) is 1. The Bertz CT molecular complexity index is 1130. The van der Waals surface area contributed by atoms with Crippen LogP contribution in [0.3, 0.4) is 0 Å². The monoisotopic (exact) mass is 373 g/mol. The molecule has 3 aromatic carbocycles. The average molecular weight is 373 g/mol. The van der Waals surface area contributed by atoms with Crippen LogP contribution in [0.25, 0.3) is 10.8 Å². The topological polar surface area (TPSA) is 46.9 Å². The van der Waals surface area contributed by atoms with E-state index in [2.05, 4.69) is 10.3 Å². The van der Waals surface area contributed by atoms with Crippen molar-refractivity contribution in [1.82, 2.24) is 14.9 Å². The third-order valence-corrected chi connectivity index (χ3v) is 4.83. The van der Waals surface area contributed by atoms with Gasteiger partial charge in [0.1, 0.15) is 17.7 Å². The van der Waals surface area contributed by atoms with E-state index in [-0.39, 0.29) is 18.1 Å². The minimum absolute atomic E-state index is 0.145. The predicted octanol–water partition coefficient (Wildman–Crippen LogP) is 4.16. The van der Waals surface area contributed by atoms with Crippen molar-refractivity contribution in [1.29, 1.82) is 0 Å². The number of fused-ring (bicyclic) bond motifs is 1. The average Bonchev–Trinajstić information content (AvgIpc) is 3.12. The summed E-state index contributed by atoms with van der Waals surface area (Å²) in [6.07, 6.45) is 3.70. The van der Waals surface area contributed by atoms with Crippen LogP contribution in [-0.4, -0.2) is 15.5 Å². The highest BCUT2D eigenvalue weighted by Gasteiger charge is 2.21. The zero-order valence-electron chi connectivity index (χ0n) is 15.5. The second-order valence-corrected chi connectivity index (χ2v) is 6.77. The molecule has 1 amide bonds. The molecule has 0 fully saturated rings. The van der Waals surface area contributed by atoms with E-state index in [1.54, 1.807) is 24.5 Å². The molecule has 1 heterocycles. The molecule has 0 spiro atoms. The van der Waals surface area contributed by atoms with Crippen molar-refractivity contribution in [3.63, 3.8) is 0 Å². The van der Waals surface area contributed by atoms with E-state index < -0.39 is 6.04 Å². The van der Waals surface area contributed by atoms with Gasteiger partial charge in [0, 0.05) is 19.4 Å². The molecule has 28 heavy (non-hydrogen) atoms. The Hall–Kier alpha value is -3.47. The number of benzene rings is 3. The van der Waals surface area contributed by atoms with Crippen molar-refractivity contribution in [3.05, 3.63) is 102 Å². The molecule has 0 saturated heterocycles. The first-order valence-corrected chi connectivity index (χ1v) is 9.10. The molecule has 4 aromatic rings. The Balaban J connectivity index is 1.63. The van der Waals surface area contributed by atoms with E-state index in [1.807, 2.05) is 54.1 Å². The summed E-state index contributed by atoms with van der Waals surface area (Å²) in [5, 5.41) is 5.18. The van der Waals surface area contributed by atoms with E-state index in [4.69, 9.17) is 0 Å². The molecule has 140 valence electrons. The standard InChI is InChI=1S/C23H20FN3O/c1-27-13-12-25-23(27)22(18-9-5-10-19(24)14-18)26-21(28)15-17-8-4-7-16-6-2-3-11-20(16)17/h2-14,22H,15H2,1H3,(H,26,28). The van der Waals surface area contributed by atoms with E-state index in [0.29, 0.717) is 11.4 Å². The maximum atomic E-state index is 13.8. The smallest absolute Gasteiger partial charge is 0.225 e. The Labute approximate surface area is 162 Å². The van der Waals surface area contributed by atoms with Gasteiger partial charge in [-0.3, -0.25) is 4.79 Å². The Morgan fingerprint density at radius 3 is 2.68 bits per heavy atom. The molecule has 4 rings (SSSR count). The fourth-order valence-electron chi connectivity index (χ4n) is 3.47. The zero-order valence-corrected chi connectivity index (χ0v) is 15.5. The molecule has 0 bridgehead atoms. The van der Waals surface area contributed by atoms with E-state index in [1.165, 1.54) is 12.1 Å². The number of hydrogen-bond acceptors (Lipinski definition) is 2. The maximum Gasteiger partial charge on any atom is 0.225 e. The number of halogens is 1. The van der Waals surface area contributed by atoms with Gasteiger partial charge in [-0.1, -0.05) is 54.6 Å². The minimum atomic E-state index is -0.529. The number of amides is 1. The molecule has 4 nitrogen and oxygen atoms in total. The van der Waals surface area contributed by atoms with Crippen LogP contribution in [0, 0.1) is 5.82 Å². The molecule has 0 aliphatic rings. The number of nitrogens with zero attached hydrogens (tertiary/aromatic N) is 2. The second-order valence-electron chi connectivity index (χ2n) is 6.77. The van der Waals surface area contributed by atoms with Gasteiger partial charge in [0.2, 0.25) is 5.91 Å². The van der Waals surface area contributed by atoms with Gasteiger partial charge < -0.3 is 9.88 Å². The Morgan fingerprint density at radius 1 is 1.11 bits per heavy atom. The lowest BCUT2D eigenvalue weighted by Crippen LogP contribution is -2.32. The first-order chi connectivity index (χ1) is 13.6. The molecular weight excluding hydrogens is 353 g/mol. The zero-order chi connectivity index (χ0) is 19.5. The summed E-state index contributed by atoms with van der Waals surface area (Å²) in [5.41, 5.74) is 1.61. The molecule has 1 atom stereocenters. The lowest BCUT2D eigenvalue weighted by Gasteiger charge is -2.19. The summed E-state index contributed by atoms with van der Waals surface area (Å²) in [7, 11) is 1.85. The molecule has 5 heteroatoms. The lowest BCUT2D eigenvalue weighted by molar-refractivity contribution is -0.121. The maximum absolute atomic E-state index is 13.8. The van der Waals surface area contributed by atoms with Gasteiger partial charge in [-0.25, -0.2) is 9.37 Å². The van der Waals surface area contributed by atoms with Crippen molar-refractivity contribution < 1.29 is 9.18 Å². The van der Waals surface area contributed by atoms with E-state index >= 15 is 0 Å². The molecule has 0 radical (unpaired) electrons. The number of carbonyl (C=O) groups excluding carboxylic acids is 1. The van der Waals surface area contributed by atoms with Gasteiger partial charge in [-0.05, 0) is 34.0 Å². The Kier molecular flexibility index (Phi) is 4.89. The first kappa shape index (κ1) is 17.9. The van der Waals surface area contributed by atoms with Gasteiger partial charge in [-0.2, -0.15) is 0 Å². The third-order valence-electron chi connectivity index (χ3n) is 4.83. The van der Waals surface area contributed by atoms with Crippen molar-refractivity contribution in [2.75, 3.05) is 0 Å². The number of imidazole rings is 1. The summed E-state index contributed by atoms with van der Waals surface area (Å²) >= 11 is 0. The van der Waals surface area contributed by atoms with Crippen LogP contribution in [-0.2, 0) is 18.3 Å². The molecule has 1 unspecified atom stereocenters. The van der Waals surface area contributed by atoms with Gasteiger partial charge in [0.15, 0.2) is 0 Å². The van der Waals surface area contributed by atoms with Crippen LogP contribution in [0.15, 0.2) is 79.1 Å². The first-order valence-electron chi connectivity index (χ1n) is 9.10. The van der Waals surface area contributed by atoms with Crippen LogP contribution in [0.5, 0.6) is 0 Å². The predicted molar refractivity (Wildman–Crippen MR) is 107 cm³/mol. The number of carbonyl (C=O) groups is 1. The number of nitrogens with one attached hydrogen (secondary N) is 1. The summed E-state index contributed by atoms with van der Waals surface area (Å²) in [5.74, 6) is 0.158. The van der Waals surface area contributed by atoms with Gasteiger partial charge in [0.05, 0.1) is 6.42 Å². The van der Waals surface area contributed by atoms with Crippen molar-refractivity contribution in [2.24, 2.45) is 7.05 Å². The van der Waals surface area contributed by atoms with Crippen LogP contribution in [0.4, 0.5) is 4.39 Å². The largest absolute Gasteiger partial charge is 0.342 e. The van der Waals surface area contributed by atoms with Crippen LogP contribution >= 0.6 is 0 Å². The van der Waals surface area contributed by atoms with Crippen LogP contribution in [0.1, 0.15) is 23.0 Å². The molecule has 1 N–H and O–H groups in total.